The molecule has 0 heterocycles. The van der Waals surface area contributed by atoms with Crippen molar-refractivity contribution in [1.82, 2.24) is 5.32 Å². The zero-order valence-electron chi connectivity index (χ0n) is 11.6. The SMILES string of the molecule is CCNCC(Cc1cc(Cl)ccc1F)c1ccccc1. The van der Waals surface area contributed by atoms with Crippen LogP contribution in [0, 0.1) is 5.82 Å². The van der Waals surface area contributed by atoms with E-state index in [1.807, 2.05) is 18.2 Å². The lowest BCUT2D eigenvalue weighted by atomic mass is 9.91. The Balaban J connectivity index is 2.21. The van der Waals surface area contributed by atoms with Crippen LogP contribution in [-0.2, 0) is 6.42 Å². The van der Waals surface area contributed by atoms with Crippen LogP contribution in [0.2, 0.25) is 5.02 Å². The Labute approximate surface area is 124 Å². The summed E-state index contributed by atoms with van der Waals surface area (Å²) in [5, 5.41) is 3.93. The number of nitrogens with one attached hydrogen (secondary N) is 1. The molecule has 1 unspecified atom stereocenters. The predicted molar refractivity (Wildman–Crippen MR) is 82.8 cm³/mol. The number of hydrogen-bond acceptors (Lipinski definition) is 1. The molecule has 1 nitrogen and oxygen atoms in total. The fourth-order valence-electron chi connectivity index (χ4n) is 2.32. The minimum atomic E-state index is -0.188. The molecule has 1 N–H and O–H groups in total. The first-order valence-electron chi connectivity index (χ1n) is 6.90. The Kier molecular flexibility index (Phi) is 5.57. The van der Waals surface area contributed by atoms with E-state index in [0.717, 1.165) is 13.1 Å². The Morgan fingerprint density at radius 2 is 1.90 bits per heavy atom. The van der Waals surface area contributed by atoms with Gasteiger partial charge in [0.05, 0.1) is 0 Å². The Morgan fingerprint density at radius 1 is 1.15 bits per heavy atom. The van der Waals surface area contributed by atoms with Gasteiger partial charge in [-0.2, -0.15) is 0 Å². The lowest BCUT2D eigenvalue weighted by Crippen LogP contribution is -2.23. The Bertz CT molecular complexity index is 542. The molecule has 0 saturated heterocycles. The summed E-state index contributed by atoms with van der Waals surface area (Å²) in [5.41, 5.74) is 1.89. The molecule has 0 aliphatic heterocycles. The molecule has 1 atom stereocenters. The van der Waals surface area contributed by atoms with Crippen LogP contribution in [-0.4, -0.2) is 13.1 Å². The number of halogens is 2. The molecule has 3 heteroatoms. The van der Waals surface area contributed by atoms with Crippen molar-refractivity contribution in [2.75, 3.05) is 13.1 Å². The van der Waals surface area contributed by atoms with Gasteiger partial charge in [0.2, 0.25) is 0 Å². The zero-order chi connectivity index (χ0) is 14.4. The van der Waals surface area contributed by atoms with E-state index in [1.165, 1.54) is 11.6 Å². The van der Waals surface area contributed by atoms with E-state index in [1.54, 1.807) is 12.1 Å². The average molecular weight is 292 g/mol. The molecule has 0 aliphatic rings. The highest BCUT2D eigenvalue weighted by Crippen LogP contribution is 2.24. The summed E-state index contributed by atoms with van der Waals surface area (Å²) >= 11 is 5.97. The van der Waals surface area contributed by atoms with Gasteiger partial charge in [-0.15, -0.1) is 0 Å². The first-order chi connectivity index (χ1) is 9.70. The van der Waals surface area contributed by atoms with Gasteiger partial charge in [0.25, 0.3) is 0 Å². The minimum Gasteiger partial charge on any atom is -0.316 e. The summed E-state index contributed by atoms with van der Waals surface area (Å²) in [6, 6.07) is 14.9. The maximum Gasteiger partial charge on any atom is 0.126 e. The molecule has 0 aromatic heterocycles. The molecule has 0 amide bonds. The van der Waals surface area contributed by atoms with E-state index >= 15 is 0 Å². The fraction of sp³-hybridized carbons (Fsp3) is 0.294. The van der Waals surface area contributed by atoms with Crippen LogP contribution in [0.5, 0.6) is 0 Å². The smallest absolute Gasteiger partial charge is 0.126 e. The molecule has 20 heavy (non-hydrogen) atoms. The molecule has 0 saturated carbocycles. The lowest BCUT2D eigenvalue weighted by molar-refractivity contribution is 0.562. The van der Waals surface area contributed by atoms with Crippen molar-refractivity contribution in [3.63, 3.8) is 0 Å². The third kappa shape index (κ3) is 4.06. The van der Waals surface area contributed by atoms with E-state index in [2.05, 4.69) is 24.4 Å². The fourth-order valence-corrected chi connectivity index (χ4v) is 2.51. The molecule has 0 radical (unpaired) electrons. The first-order valence-corrected chi connectivity index (χ1v) is 7.28. The summed E-state index contributed by atoms with van der Waals surface area (Å²) < 4.78 is 13.9. The monoisotopic (exact) mass is 291 g/mol. The van der Waals surface area contributed by atoms with Crippen LogP contribution in [0.4, 0.5) is 4.39 Å². The zero-order valence-corrected chi connectivity index (χ0v) is 12.3. The molecule has 106 valence electrons. The standard InChI is InChI=1S/C17H19ClFN/c1-2-20-12-15(13-6-4-3-5-7-13)10-14-11-16(18)8-9-17(14)19/h3-9,11,15,20H,2,10,12H2,1H3. The van der Waals surface area contributed by atoms with E-state index in [-0.39, 0.29) is 11.7 Å². The van der Waals surface area contributed by atoms with Gasteiger partial charge < -0.3 is 5.32 Å². The van der Waals surface area contributed by atoms with Gasteiger partial charge in [-0.05, 0) is 42.3 Å². The summed E-state index contributed by atoms with van der Waals surface area (Å²) in [5.74, 6) is 0.0518. The van der Waals surface area contributed by atoms with Crippen LogP contribution >= 0.6 is 11.6 Å². The maximum absolute atomic E-state index is 13.9. The minimum absolute atomic E-state index is 0.188. The van der Waals surface area contributed by atoms with Gasteiger partial charge in [0.15, 0.2) is 0 Å². The molecular weight excluding hydrogens is 273 g/mol. The number of hydrogen-bond donors (Lipinski definition) is 1. The highest BCUT2D eigenvalue weighted by Gasteiger charge is 2.14. The summed E-state index contributed by atoms with van der Waals surface area (Å²) in [4.78, 5) is 0. The number of likely N-dealkylation sites (N-methyl/N-ethyl adjacent to an activating group) is 1. The molecular formula is C17H19ClFN. The molecule has 0 spiro atoms. The van der Waals surface area contributed by atoms with E-state index in [4.69, 9.17) is 11.6 Å². The third-order valence-corrected chi connectivity index (χ3v) is 3.62. The highest BCUT2D eigenvalue weighted by molar-refractivity contribution is 6.30. The van der Waals surface area contributed by atoms with Crippen molar-refractivity contribution >= 4 is 11.6 Å². The second-order valence-electron chi connectivity index (χ2n) is 4.86. The number of benzene rings is 2. The normalized spacial score (nSPS) is 12.3. The van der Waals surface area contributed by atoms with Crippen molar-refractivity contribution in [1.29, 1.82) is 0 Å². The van der Waals surface area contributed by atoms with Gasteiger partial charge in [0.1, 0.15) is 5.82 Å². The van der Waals surface area contributed by atoms with Crippen LogP contribution in [0.15, 0.2) is 48.5 Å². The van der Waals surface area contributed by atoms with Gasteiger partial charge >= 0.3 is 0 Å². The van der Waals surface area contributed by atoms with Crippen LogP contribution in [0.1, 0.15) is 24.0 Å². The van der Waals surface area contributed by atoms with Crippen molar-refractivity contribution in [3.05, 3.63) is 70.5 Å². The predicted octanol–water partition coefficient (Wildman–Crippen LogP) is 4.41. The lowest BCUT2D eigenvalue weighted by Gasteiger charge is -2.18. The largest absolute Gasteiger partial charge is 0.316 e. The van der Waals surface area contributed by atoms with Crippen LogP contribution in [0.25, 0.3) is 0 Å². The second kappa shape index (κ2) is 7.41. The first kappa shape index (κ1) is 15.0. The summed E-state index contributed by atoms with van der Waals surface area (Å²) in [7, 11) is 0. The second-order valence-corrected chi connectivity index (χ2v) is 5.29. The highest BCUT2D eigenvalue weighted by atomic mass is 35.5. The molecule has 0 fully saturated rings. The van der Waals surface area contributed by atoms with Gasteiger partial charge in [-0.3, -0.25) is 0 Å². The molecule has 2 aromatic carbocycles. The topological polar surface area (TPSA) is 12.0 Å². The van der Waals surface area contributed by atoms with Gasteiger partial charge in [-0.1, -0.05) is 48.9 Å². The molecule has 2 rings (SSSR count). The Hall–Kier alpha value is -1.38. The molecule has 0 bridgehead atoms. The van der Waals surface area contributed by atoms with Gasteiger partial charge in [-0.25, -0.2) is 4.39 Å². The Morgan fingerprint density at radius 3 is 2.60 bits per heavy atom. The summed E-state index contributed by atoms with van der Waals surface area (Å²) in [6.45, 7) is 3.80. The van der Waals surface area contributed by atoms with Gasteiger partial charge in [0, 0.05) is 17.5 Å². The van der Waals surface area contributed by atoms with E-state index < -0.39 is 0 Å². The van der Waals surface area contributed by atoms with Crippen LogP contribution in [0.3, 0.4) is 0 Å². The summed E-state index contributed by atoms with van der Waals surface area (Å²) in [6.07, 6.45) is 0.642. The van der Waals surface area contributed by atoms with Crippen molar-refractivity contribution in [2.45, 2.75) is 19.3 Å². The molecule has 0 aliphatic carbocycles. The molecule has 2 aromatic rings. The number of rotatable bonds is 6. The quantitative estimate of drug-likeness (QED) is 0.831. The van der Waals surface area contributed by atoms with Crippen molar-refractivity contribution < 1.29 is 4.39 Å². The van der Waals surface area contributed by atoms with Crippen molar-refractivity contribution in [3.8, 4) is 0 Å². The van der Waals surface area contributed by atoms with E-state index in [0.29, 0.717) is 17.0 Å². The van der Waals surface area contributed by atoms with Crippen LogP contribution < -0.4 is 5.32 Å². The van der Waals surface area contributed by atoms with Crippen molar-refractivity contribution in [2.24, 2.45) is 0 Å². The third-order valence-electron chi connectivity index (χ3n) is 3.39. The van der Waals surface area contributed by atoms with E-state index in [9.17, 15) is 4.39 Å². The average Bonchev–Trinajstić information content (AvgIpc) is 2.48. The maximum atomic E-state index is 13.9.